The van der Waals surface area contributed by atoms with Crippen molar-refractivity contribution in [2.75, 3.05) is 0 Å². The number of benzene rings is 1. The number of hydrogen-bond acceptors (Lipinski definition) is 1. The average molecular weight is 427 g/mol. The molecule has 0 unspecified atom stereocenters. The number of allylic oxidation sites excluding steroid dienone is 2. The third-order valence-corrected chi connectivity index (χ3v) is 7.25. The van der Waals surface area contributed by atoms with Crippen LogP contribution in [0.1, 0.15) is 89.0 Å². The second-order valence-electron chi connectivity index (χ2n) is 9.08. The Morgan fingerprint density at radius 2 is 1.50 bits per heavy atom. The maximum absolute atomic E-state index is 14.1. The molecule has 1 aromatic carbocycles. The molecule has 0 radical (unpaired) electrons. The lowest BCUT2D eigenvalue weighted by Crippen LogP contribution is -2.25. The minimum absolute atomic E-state index is 0.0915. The molecule has 0 spiro atoms. The molecule has 2 fully saturated rings. The van der Waals surface area contributed by atoms with Gasteiger partial charge in [0.15, 0.2) is 17.4 Å². The molecule has 1 aromatic rings. The summed E-state index contributed by atoms with van der Waals surface area (Å²) in [5.74, 6) is -0.601. The third kappa shape index (κ3) is 6.24. The summed E-state index contributed by atoms with van der Waals surface area (Å²) < 4.78 is 56.7. The number of alkyl halides is 2. The number of ether oxygens (including phenoxy) is 1. The Hall–Kier alpha value is -1.52. The summed E-state index contributed by atoms with van der Waals surface area (Å²) >= 11 is 0. The van der Waals surface area contributed by atoms with E-state index in [9.17, 15) is 17.6 Å². The van der Waals surface area contributed by atoms with Gasteiger partial charge in [-0.25, -0.2) is 8.78 Å². The molecule has 0 atom stereocenters. The number of rotatable bonds is 8. The highest BCUT2D eigenvalue weighted by Gasteiger charge is 2.32. The summed E-state index contributed by atoms with van der Waals surface area (Å²) in [5.41, 5.74) is 0.565. The van der Waals surface area contributed by atoms with E-state index in [1.165, 1.54) is 57.1 Å². The lowest BCUT2D eigenvalue weighted by Gasteiger charge is -2.38. The van der Waals surface area contributed by atoms with Gasteiger partial charge in [0.05, 0.1) is 0 Å². The molecule has 5 heteroatoms. The summed E-state index contributed by atoms with van der Waals surface area (Å²) in [7, 11) is 0. The molecule has 2 aliphatic rings. The van der Waals surface area contributed by atoms with Crippen molar-refractivity contribution in [1.29, 1.82) is 0 Å². The van der Waals surface area contributed by atoms with E-state index in [4.69, 9.17) is 0 Å². The van der Waals surface area contributed by atoms with Crippen LogP contribution in [0.4, 0.5) is 17.6 Å². The fourth-order valence-electron chi connectivity index (χ4n) is 5.58. The van der Waals surface area contributed by atoms with Gasteiger partial charge in [-0.05, 0) is 99.7 Å². The lowest BCUT2D eigenvalue weighted by atomic mass is 9.68. The highest BCUT2D eigenvalue weighted by Crippen LogP contribution is 2.45. The Bertz CT molecular complexity index is 663. The molecular weight excluding hydrogens is 392 g/mol. The molecule has 3 rings (SSSR count). The molecule has 30 heavy (non-hydrogen) atoms. The fourth-order valence-corrected chi connectivity index (χ4v) is 5.58. The van der Waals surface area contributed by atoms with E-state index in [0.717, 1.165) is 37.5 Å². The van der Waals surface area contributed by atoms with Gasteiger partial charge in [-0.2, -0.15) is 8.78 Å². The third-order valence-electron chi connectivity index (χ3n) is 7.25. The van der Waals surface area contributed by atoms with Crippen molar-refractivity contribution in [3.8, 4) is 5.75 Å². The average Bonchev–Trinajstić information content (AvgIpc) is 2.74. The second-order valence-corrected chi connectivity index (χ2v) is 9.08. The van der Waals surface area contributed by atoms with Crippen LogP contribution in [-0.2, 0) is 0 Å². The van der Waals surface area contributed by atoms with Gasteiger partial charge in [-0.3, -0.25) is 0 Å². The van der Waals surface area contributed by atoms with Crippen LogP contribution in [-0.4, -0.2) is 6.61 Å². The minimum atomic E-state index is -3.24. The summed E-state index contributed by atoms with van der Waals surface area (Å²) in [5, 5.41) is 0. The first-order chi connectivity index (χ1) is 14.5. The molecule has 0 heterocycles. The van der Waals surface area contributed by atoms with Crippen LogP contribution in [0.5, 0.6) is 5.75 Å². The van der Waals surface area contributed by atoms with E-state index in [-0.39, 0.29) is 5.92 Å². The van der Waals surface area contributed by atoms with Crippen LogP contribution < -0.4 is 4.74 Å². The van der Waals surface area contributed by atoms with E-state index in [1.54, 1.807) is 0 Å². The monoisotopic (exact) mass is 426 g/mol. The lowest BCUT2D eigenvalue weighted by molar-refractivity contribution is -0.0546. The van der Waals surface area contributed by atoms with Crippen molar-refractivity contribution in [3.63, 3.8) is 0 Å². The molecular formula is C25H34F4O. The quantitative estimate of drug-likeness (QED) is 0.230. The van der Waals surface area contributed by atoms with Crippen LogP contribution in [0.3, 0.4) is 0 Å². The summed E-state index contributed by atoms with van der Waals surface area (Å²) in [4.78, 5) is 0. The van der Waals surface area contributed by atoms with Crippen LogP contribution >= 0.6 is 0 Å². The number of hydrogen-bond donors (Lipinski definition) is 0. The normalized spacial score (nSPS) is 27.7. The van der Waals surface area contributed by atoms with E-state index < -0.39 is 24.0 Å². The highest BCUT2D eigenvalue weighted by molar-refractivity contribution is 5.33. The van der Waals surface area contributed by atoms with Gasteiger partial charge in [-0.15, -0.1) is 0 Å². The van der Waals surface area contributed by atoms with Crippen LogP contribution in [0, 0.1) is 29.4 Å². The summed E-state index contributed by atoms with van der Waals surface area (Å²) in [6, 6.07) is 2.34. The van der Waals surface area contributed by atoms with Crippen molar-refractivity contribution in [2.45, 2.75) is 90.1 Å². The Morgan fingerprint density at radius 3 is 2.03 bits per heavy atom. The first-order valence-electron chi connectivity index (χ1n) is 11.5. The van der Waals surface area contributed by atoms with Gasteiger partial charge in [0, 0.05) is 0 Å². The maximum atomic E-state index is 14.1. The van der Waals surface area contributed by atoms with Gasteiger partial charge in [0.2, 0.25) is 0 Å². The number of unbranched alkanes of at least 4 members (excludes halogenated alkanes) is 1. The highest BCUT2D eigenvalue weighted by atomic mass is 19.3. The molecule has 0 saturated heterocycles. The largest absolute Gasteiger partial charge is 0.429 e. The Morgan fingerprint density at radius 1 is 0.933 bits per heavy atom. The molecule has 2 saturated carbocycles. The predicted octanol–water partition coefficient (Wildman–Crippen LogP) is 8.39. The maximum Gasteiger partial charge on any atom is 0.387 e. The summed E-state index contributed by atoms with van der Waals surface area (Å²) in [6.07, 6.45) is 17.5. The van der Waals surface area contributed by atoms with Gasteiger partial charge in [0.1, 0.15) is 0 Å². The molecule has 0 bridgehead atoms. The topological polar surface area (TPSA) is 9.23 Å². The van der Waals surface area contributed by atoms with Crippen molar-refractivity contribution >= 4 is 0 Å². The zero-order chi connectivity index (χ0) is 21.5. The summed E-state index contributed by atoms with van der Waals surface area (Å²) in [6.45, 7) is -1.16. The molecule has 0 N–H and O–H groups in total. The minimum Gasteiger partial charge on any atom is -0.429 e. The van der Waals surface area contributed by atoms with E-state index in [2.05, 4.69) is 23.8 Å². The standard InChI is InChI=1S/C25H34F4O/c1-2-3-4-5-6-17-7-9-18(10-8-17)19-11-13-20(14-12-19)21-15-22(26)24(23(27)16-21)30-25(28)29/h2-3,15-20,25H,4-14H2,1H3. The zero-order valence-electron chi connectivity index (χ0n) is 17.9. The smallest absolute Gasteiger partial charge is 0.387 e. The SMILES string of the molecule is CC=CCCCC1CCC(C2CCC(c3cc(F)c(OC(F)F)c(F)c3)CC2)CC1. The zero-order valence-corrected chi connectivity index (χ0v) is 17.9. The van der Waals surface area contributed by atoms with E-state index in [0.29, 0.717) is 11.5 Å². The van der Waals surface area contributed by atoms with Gasteiger partial charge < -0.3 is 4.74 Å². The van der Waals surface area contributed by atoms with Crippen LogP contribution in [0.25, 0.3) is 0 Å². The van der Waals surface area contributed by atoms with Gasteiger partial charge >= 0.3 is 6.61 Å². The van der Waals surface area contributed by atoms with E-state index in [1.807, 2.05) is 0 Å². The van der Waals surface area contributed by atoms with Crippen molar-refractivity contribution in [3.05, 3.63) is 41.5 Å². The molecule has 1 nitrogen and oxygen atoms in total. The van der Waals surface area contributed by atoms with Crippen LogP contribution in [0.15, 0.2) is 24.3 Å². The predicted molar refractivity (Wildman–Crippen MR) is 112 cm³/mol. The molecule has 0 aliphatic heterocycles. The van der Waals surface area contributed by atoms with Crippen molar-refractivity contribution < 1.29 is 22.3 Å². The Balaban J connectivity index is 1.46. The first-order valence-corrected chi connectivity index (χ1v) is 11.5. The van der Waals surface area contributed by atoms with Crippen molar-refractivity contribution in [2.24, 2.45) is 17.8 Å². The van der Waals surface area contributed by atoms with Crippen molar-refractivity contribution in [1.82, 2.24) is 0 Å². The van der Waals surface area contributed by atoms with E-state index >= 15 is 0 Å². The molecule has 168 valence electrons. The second kappa shape index (κ2) is 11.2. The first kappa shape index (κ1) is 23.1. The molecule has 0 amide bonds. The van der Waals surface area contributed by atoms with Gasteiger partial charge in [-0.1, -0.05) is 31.4 Å². The molecule has 0 aromatic heterocycles. The number of halogens is 4. The Kier molecular flexibility index (Phi) is 8.64. The fraction of sp³-hybridized carbons (Fsp3) is 0.680. The van der Waals surface area contributed by atoms with Gasteiger partial charge in [0.25, 0.3) is 0 Å². The molecule has 2 aliphatic carbocycles. The van der Waals surface area contributed by atoms with Crippen LogP contribution in [0.2, 0.25) is 0 Å². The Labute approximate surface area is 177 Å².